The molecule has 1 atom stereocenters. The fraction of sp³-hybridized carbons (Fsp3) is 0.375. The van der Waals surface area contributed by atoms with E-state index in [0.717, 1.165) is 5.69 Å². The molecule has 1 aliphatic rings. The molecule has 0 spiro atoms. The lowest BCUT2D eigenvalue weighted by molar-refractivity contribution is 0.520. The largest absolute Gasteiger partial charge is 0.282 e. The maximum Gasteiger partial charge on any atom is 0.257 e. The van der Waals surface area contributed by atoms with Crippen LogP contribution in [0.25, 0.3) is 0 Å². The molecule has 1 aromatic carbocycles. The van der Waals surface area contributed by atoms with Crippen LogP contribution in [0.1, 0.15) is 24.2 Å². The minimum Gasteiger partial charge on any atom is -0.282 e. The lowest BCUT2D eigenvalue weighted by atomic mass is 10.2. The van der Waals surface area contributed by atoms with E-state index in [1.807, 2.05) is 13.8 Å². The first kappa shape index (κ1) is 16.3. The Hall–Kier alpha value is -1.60. The van der Waals surface area contributed by atoms with Crippen LogP contribution in [0, 0.1) is 6.92 Å². The zero-order chi connectivity index (χ0) is 16.6. The molecule has 0 amide bonds. The first-order valence-corrected chi connectivity index (χ1v) is 10.1. The third-order valence-electron chi connectivity index (χ3n) is 4.02. The Labute approximate surface area is 139 Å². The SMILES string of the molecule is CCc1c(C)nc2n(c1=O)[C@@H](CS(=O)(=O)c1ccccc1)CS2. The number of thioether (sulfide) groups is 1. The molecule has 2 heterocycles. The molecular weight excluding hydrogens is 332 g/mol. The third kappa shape index (κ3) is 2.95. The van der Waals surface area contributed by atoms with E-state index in [-0.39, 0.29) is 17.4 Å². The van der Waals surface area contributed by atoms with E-state index in [0.29, 0.717) is 27.8 Å². The highest BCUT2D eigenvalue weighted by Gasteiger charge is 2.31. The summed E-state index contributed by atoms with van der Waals surface area (Å²) in [6.07, 6.45) is 0.598. The third-order valence-corrected chi connectivity index (χ3v) is 6.93. The Kier molecular flexibility index (Phi) is 4.33. The first-order valence-electron chi connectivity index (χ1n) is 7.46. The van der Waals surface area contributed by atoms with E-state index in [4.69, 9.17) is 0 Å². The molecule has 0 radical (unpaired) electrons. The second-order valence-corrected chi connectivity index (χ2v) is 8.57. The van der Waals surface area contributed by atoms with Gasteiger partial charge in [0.05, 0.1) is 16.7 Å². The maximum atomic E-state index is 12.7. The van der Waals surface area contributed by atoms with Crippen LogP contribution in [-0.4, -0.2) is 29.5 Å². The van der Waals surface area contributed by atoms with Crippen molar-refractivity contribution in [3.8, 4) is 0 Å². The summed E-state index contributed by atoms with van der Waals surface area (Å²) >= 11 is 1.45. The average molecular weight is 350 g/mol. The lowest BCUT2D eigenvalue weighted by Gasteiger charge is -2.15. The van der Waals surface area contributed by atoms with Gasteiger partial charge < -0.3 is 0 Å². The second-order valence-electron chi connectivity index (χ2n) is 5.55. The summed E-state index contributed by atoms with van der Waals surface area (Å²) in [6, 6.07) is 8.00. The minimum atomic E-state index is -3.43. The smallest absolute Gasteiger partial charge is 0.257 e. The van der Waals surface area contributed by atoms with Gasteiger partial charge in [0.2, 0.25) is 0 Å². The molecule has 122 valence electrons. The summed E-state index contributed by atoms with van der Waals surface area (Å²) in [4.78, 5) is 17.4. The minimum absolute atomic E-state index is 0.0786. The number of aromatic nitrogens is 2. The Morgan fingerprint density at radius 3 is 2.65 bits per heavy atom. The molecule has 0 saturated heterocycles. The molecule has 2 aromatic rings. The van der Waals surface area contributed by atoms with Gasteiger partial charge in [0, 0.05) is 17.0 Å². The number of aryl methyl sites for hydroxylation is 1. The van der Waals surface area contributed by atoms with E-state index in [9.17, 15) is 13.2 Å². The Bertz CT molecular complexity index is 890. The van der Waals surface area contributed by atoms with Gasteiger partial charge in [-0.1, -0.05) is 36.9 Å². The van der Waals surface area contributed by atoms with Gasteiger partial charge in [-0.15, -0.1) is 0 Å². The highest BCUT2D eigenvalue weighted by molar-refractivity contribution is 7.99. The molecule has 0 bridgehead atoms. The summed E-state index contributed by atoms with van der Waals surface area (Å²) in [7, 11) is -3.43. The topological polar surface area (TPSA) is 69.0 Å². The molecule has 3 rings (SSSR count). The fourth-order valence-corrected chi connectivity index (χ4v) is 5.70. The van der Waals surface area contributed by atoms with E-state index < -0.39 is 9.84 Å². The number of sulfone groups is 1. The van der Waals surface area contributed by atoms with Gasteiger partial charge >= 0.3 is 0 Å². The zero-order valence-electron chi connectivity index (χ0n) is 13.0. The number of rotatable bonds is 4. The molecule has 0 N–H and O–H groups in total. The number of fused-ring (bicyclic) bond motifs is 1. The molecule has 0 saturated carbocycles. The van der Waals surface area contributed by atoms with E-state index in [1.165, 1.54) is 11.8 Å². The van der Waals surface area contributed by atoms with Crippen molar-refractivity contribution in [2.45, 2.75) is 36.4 Å². The van der Waals surface area contributed by atoms with Crippen LogP contribution in [-0.2, 0) is 16.3 Å². The molecule has 0 fully saturated rings. The van der Waals surface area contributed by atoms with E-state index in [1.54, 1.807) is 34.9 Å². The fourth-order valence-electron chi connectivity index (χ4n) is 2.83. The van der Waals surface area contributed by atoms with Crippen molar-refractivity contribution in [1.29, 1.82) is 0 Å². The Morgan fingerprint density at radius 1 is 1.30 bits per heavy atom. The van der Waals surface area contributed by atoms with Gasteiger partial charge in [-0.3, -0.25) is 9.36 Å². The lowest BCUT2D eigenvalue weighted by Crippen LogP contribution is -2.31. The Morgan fingerprint density at radius 2 is 2.00 bits per heavy atom. The number of benzene rings is 1. The monoisotopic (exact) mass is 350 g/mol. The molecule has 23 heavy (non-hydrogen) atoms. The molecule has 1 aliphatic heterocycles. The number of hydrogen-bond donors (Lipinski definition) is 0. The van der Waals surface area contributed by atoms with Gasteiger partial charge in [-0.2, -0.15) is 0 Å². The molecule has 7 heteroatoms. The zero-order valence-corrected chi connectivity index (χ0v) is 14.7. The molecule has 0 aliphatic carbocycles. The van der Waals surface area contributed by atoms with Crippen molar-refractivity contribution in [1.82, 2.24) is 9.55 Å². The number of nitrogens with zero attached hydrogens (tertiary/aromatic N) is 2. The Balaban J connectivity index is 1.99. The van der Waals surface area contributed by atoms with Crippen LogP contribution in [0.3, 0.4) is 0 Å². The van der Waals surface area contributed by atoms with Crippen molar-refractivity contribution in [2.75, 3.05) is 11.5 Å². The predicted molar refractivity (Wildman–Crippen MR) is 90.9 cm³/mol. The summed E-state index contributed by atoms with van der Waals surface area (Å²) < 4.78 is 26.7. The van der Waals surface area contributed by atoms with Gasteiger partial charge in [0.15, 0.2) is 15.0 Å². The van der Waals surface area contributed by atoms with Crippen molar-refractivity contribution < 1.29 is 8.42 Å². The van der Waals surface area contributed by atoms with Gasteiger partial charge in [-0.25, -0.2) is 13.4 Å². The predicted octanol–water partition coefficient (Wildman–Crippen LogP) is 2.23. The number of hydrogen-bond acceptors (Lipinski definition) is 5. The van der Waals surface area contributed by atoms with Gasteiger partial charge in [-0.05, 0) is 25.5 Å². The van der Waals surface area contributed by atoms with Crippen LogP contribution in [0.2, 0.25) is 0 Å². The molecular formula is C16H18N2O3S2. The summed E-state index contributed by atoms with van der Waals surface area (Å²) in [5, 5.41) is 0.623. The van der Waals surface area contributed by atoms with Crippen LogP contribution in [0.15, 0.2) is 45.2 Å². The normalized spacial score (nSPS) is 17.2. The molecule has 5 nitrogen and oxygen atoms in total. The van der Waals surface area contributed by atoms with Crippen LogP contribution < -0.4 is 5.56 Å². The van der Waals surface area contributed by atoms with Gasteiger partial charge in [0.25, 0.3) is 5.56 Å². The van der Waals surface area contributed by atoms with Crippen molar-refractivity contribution in [3.63, 3.8) is 0 Å². The van der Waals surface area contributed by atoms with Crippen LogP contribution in [0.4, 0.5) is 0 Å². The van der Waals surface area contributed by atoms with E-state index in [2.05, 4.69) is 4.98 Å². The molecule has 1 aromatic heterocycles. The summed E-state index contributed by atoms with van der Waals surface area (Å²) in [6.45, 7) is 3.74. The quantitative estimate of drug-likeness (QED) is 0.791. The first-order chi connectivity index (χ1) is 10.9. The van der Waals surface area contributed by atoms with Crippen LogP contribution in [0.5, 0.6) is 0 Å². The maximum absolute atomic E-state index is 12.7. The summed E-state index contributed by atoms with van der Waals surface area (Å²) in [5.74, 6) is 0.478. The molecule has 0 unspecified atom stereocenters. The highest BCUT2D eigenvalue weighted by atomic mass is 32.2. The van der Waals surface area contributed by atoms with E-state index >= 15 is 0 Å². The van der Waals surface area contributed by atoms with Crippen molar-refractivity contribution in [2.24, 2.45) is 0 Å². The summed E-state index contributed by atoms with van der Waals surface area (Å²) in [5.41, 5.74) is 1.30. The van der Waals surface area contributed by atoms with Crippen molar-refractivity contribution in [3.05, 3.63) is 51.9 Å². The average Bonchev–Trinajstić information content (AvgIpc) is 2.90. The van der Waals surface area contributed by atoms with Gasteiger partial charge in [0.1, 0.15) is 0 Å². The standard InChI is InChI=1S/C16H18N2O3S2/c1-3-14-11(2)17-16-18(15(14)19)12(9-22-16)10-23(20,21)13-7-5-4-6-8-13/h4-8,12H,3,9-10H2,1-2H3/t12-/m1/s1. The second kappa shape index (κ2) is 6.13. The van der Waals surface area contributed by atoms with Crippen LogP contribution >= 0.6 is 11.8 Å². The van der Waals surface area contributed by atoms with Crippen molar-refractivity contribution >= 4 is 21.6 Å². The highest BCUT2D eigenvalue weighted by Crippen LogP contribution is 2.32.